The Morgan fingerprint density at radius 2 is 1.88 bits per heavy atom. The van der Waals surface area contributed by atoms with Gasteiger partial charge in [0.05, 0.1) is 6.04 Å². The third-order valence-corrected chi connectivity index (χ3v) is 4.25. The smallest absolute Gasteiger partial charge is 0.244 e. The molecule has 0 saturated carbocycles. The Hall–Kier alpha value is -2.60. The van der Waals surface area contributed by atoms with Gasteiger partial charge in [-0.3, -0.25) is 4.90 Å². The zero-order valence-electron chi connectivity index (χ0n) is 14.3. The van der Waals surface area contributed by atoms with Crippen LogP contribution in [0.4, 0.5) is 8.78 Å². The summed E-state index contributed by atoms with van der Waals surface area (Å²) in [5, 5.41) is 3.98. The van der Waals surface area contributed by atoms with Gasteiger partial charge < -0.3 is 4.52 Å². The van der Waals surface area contributed by atoms with Crippen molar-refractivity contribution in [3.05, 3.63) is 71.1 Å². The Bertz CT molecular complexity index is 879. The van der Waals surface area contributed by atoms with Crippen LogP contribution in [0.5, 0.6) is 0 Å². The lowest BCUT2D eigenvalue weighted by Crippen LogP contribution is -2.22. The maximum absolute atomic E-state index is 13.8. The summed E-state index contributed by atoms with van der Waals surface area (Å²) in [7, 11) is 1.86. The molecule has 1 heterocycles. The summed E-state index contributed by atoms with van der Waals surface area (Å²) in [5.41, 5.74) is 1.82. The SMILES string of the molecule is Cc1cc(-c2noc(C(C)N(C)Cc3ccccc3F)n2)ccc1F. The number of aromatic nitrogens is 2. The van der Waals surface area contributed by atoms with Crippen LogP contribution >= 0.6 is 0 Å². The minimum atomic E-state index is -0.273. The molecule has 2 aromatic carbocycles. The third kappa shape index (κ3) is 3.74. The van der Waals surface area contributed by atoms with Gasteiger partial charge in [0.2, 0.25) is 11.7 Å². The molecule has 1 atom stereocenters. The van der Waals surface area contributed by atoms with Gasteiger partial charge >= 0.3 is 0 Å². The highest BCUT2D eigenvalue weighted by atomic mass is 19.1. The second kappa shape index (κ2) is 7.11. The molecule has 4 nitrogen and oxygen atoms in total. The van der Waals surface area contributed by atoms with Crippen LogP contribution in [0, 0.1) is 18.6 Å². The lowest BCUT2D eigenvalue weighted by atomic mass is 10.1. The van der Waals surface area contributed by atoms with Gasteiger partial charge in [-0.2, -0.15) is 4.98 Å². The van der Waals surface area contributed by atoms with E-state index in [1.807, 2.05) is 18.9 Å². The molecule has 0 aliphatic carbocycles. The first-order valence-corrected chi connectivity index (χ1v) is 7.99. The normalized spacial score (nSPS) is 12.6. The van der Waals surface area contributed by atoms with Crippen molar-refractivity contribution in [3.63, 3.8) is 0 Å². The van der Waals surface area contributed by atoms with Crippen molar-refractivity contribution in [1.82, 2.24) is 15.0 Å². The lowest BCUT2D eigenvalue weighted by Gasteiger charge is -2.21. The Labute approximate surface area is 145 Å². The van der Waals surface area contributed by atoms with Crippen molar-refractivity contribution in [2.24, 2.45) is 0 Å². The largest absolute Gasteiger partial charge is 0.337 e. The standard InChI is InChI=1S/C19H19F2N3O/c1-12-10-14(8-9-16(12)20)18-22-19(25-23-18)13(2)24(3)11-15-6-4-5-7-17(15)21/h4-10,13H,11H2,1-3H3. The van der Waals surface area contributed by atoms with E-state index in [4.69, 9.17) is 4.52 Å². The number of aryl methyl sites for hydroxylation is 1. The molecule has 3 aromatic rings. The molecule has 3 rings (SSSR count). The van der Waals surface area contributed by atoms with E-state index in [2.05, 4.69) is 10.1 Å². The summed E-state index contributed by atoms with van der Waals surface area (Å²) >= 11 is 0. The van der Waals surface area contributed by atoms with Crippen molar-refractivity contribution in [1.29, 1.82) is 0 Å². The first kappa shape index (κ1) is 17.2. The van der Waals surface area contributed by atoms with Gasteiger partial charge in [-0.1, -0.05) is 23.4 Å². The summed E-state index contributed by atoms with van der Waals surface area (Å²) < 4.78 is 32.5. The Morgan fingerprint density at radius 3 is 2.60 bits per heavy atom. The molecular weight excluding hydrogens is 324 g/mol. The van der Waals surface area contributed by atoms with Crippen molar-refractivity contribution in [2.75, 3.05) is 7.05 Å². The van der Waals surface area contributed by atoms with Crippen molar-refractivity contribution < 1.29 is 13.3 Å². The van der Waals surface area contributed by atoms with E-state index in [1.165, 1.54) is 12.1 Å². The first-order chi connectivity index (χ1) is 12.0. The van der Waals surface area contributed by atoms with Crippen LogP contribution in [0.25, 0.3) is 11.4 Å². The maximum Gasteiger partial charge on any atom is 0.244 e. The predicted octanol–water partition coefficient (Wildman–Crippen LogP) is 4.52. The van der Waals surface area contributed by atoms with E-state index in [-0.39, 0.29) is 17.7 Å². The van der Waals surface area contributed by atoms with Gasteiger partial charge in [0, 0.05) is 17.7 Å². The minimum Gasteiger partial charge on any atom is -0.337 e. The molecule has 0 aliphatic rings. The van der Waals surface area contributed by atoms with E-state index < -0.39 is 0 Å². The van der Waals surface area contributed by atoms with Crippen LogP contribution in [-0.4, -0.2) is 22.1 Å². The molecule has 0 fully saturated rings. The van der Waals surface area contributed by atoms with Crippen LogP contribution in [-0.2, 0) is 6.54 Å². The Morgan fingerprint density at radius 1 is 1.12 bits per heavy atom. The highest BCUT2D eigenvalue weighted by Crippen LogP contribution is 2.24. The van der Waals surface area contributed by atoms with Crippen LogP contribution < -0.4 is 0 Å². The molecular formula is C19H19F2N3O. The molecule has 0 saturated heterocycles. The highest BCUT2D eigenvalue weighted by molar-refractivity contribution is 5.55. The molecule has 25 heavy (non-hydrogen) atoms. The summed E-state index contributed by atoms with van der Waals surface area (Å²) in [6, 6.07) is 11.1. The second-order valence-corrected chi connectivity index (χ2v) is 6.10. The average molecular weight is 343 g/mol. The fourth-order valence-electron chi connectivity index (χ4n) is 2.53. The van der Waals surface area contributed by atoms with Gasteiger partial charge in [-0.05, 0) is 50.7 Å². The molecule has 0 N–H and O–H groups in total. The monoisotopic (exact) mass is 343 g/mol. The van der Waals surface area contributed by atoms with E-state index in [1.54, 1.807) is 37.3 Å². The molecule has 0 bridgehead atoms. The van der Waals surface area contributed by atoms with E-state index in [9.17, 15) is 8.78 Å². The Balaban J connectivity index is 1.76. The van der Waals surface area contributed by atoms with Crippen LogP contribution in [0.15, 0.2) is 47.0 Å². The first-order valence-electron chi connectivity index (χ1n) is 7.99. The molecule has 130 valence electrons. The number of nitrogens with zero attached hydrogens (tertiary/aromatic N) is 3. The fourth-order valence-corrected chi connectivity index (χ4v) is 2.53. The van der Waals surface area contributed by atoms with Gasteiger partial charge in [-0.25, -0.2) is 8.78 Å². The minimum absolute atomic E-state index is 0.192. The van der Waals surface area contributed by atoms with Gasteiger partial charge in [0.1, 0.15) is 11.6 Å². The molecule has 6 heteroatoms. The molecule has 0 amide bonds. The molecule has 1 aromatic heterocycles. The van der Waals surface area contributed by atoms with E-state index in [0.717, 1.165) is 0 Å². The number of hydrogen-bond acceptors (Lipinski definition) is 4. The fraction of sp³-hybridized carbons (Fsp3) is 0.263. The van der Waals surface area contributed by atoms with Crippen LogP contribution in [0.3, 0.4) is 0 Å². The zero-order chi connectivity index (χ0) is 18.0. The van der Waals surface area contributed by atoms with E-state index in [0.29, 0.717) is 35.0 Å². The third-order valence-electron chi connectivity index (χ3n) is 4.25. The van der Waals surface area contributed by atoms with Gasteiger partial charge in [-0.15, -0.1) is 0 Å². The van der Waals surface area contributed by atoms with Crippen LogP contribution in [0.1, 0.15) is 30.0 Å². The summed E-state index contributed by atoms with van der Waals surface area (Å²) in [6.07, 6.45) is 0. The summed E-state index contributed by atoms with van der Waals surface area (Å²) in [4.78, 5) is 6.32. The summed E-state index contributed by atoms with van der Waals surface area (Å²) in [5.74, 6) is 0.320. The lowest BCUT2D eigenvalue weighted by molar-refractivity contribution is 0.200. The zero-order valence-corrected chi connectivity index (χ0v) is 14.3. The number of halogens is 2. The second-order valence-electron chi connectivity index (χ2n) is 6.10. The Kier molecular flexibility index (Phi) is 4.90. The van der Waals surface area contributed by atoms with Gasteiger partial charge in [0.25, 0.3) is 0 Å². The maximum atomic E-state index is 13.8. The average Bonchev–Trinajstić information content (AvgIpc) is 3.08. The van der Waals surface area contributed by atoms with Crippen molar-refractivity contribution in [2.45, 2.75) is 26.4 Å². The van der Waals surface area contributed by atoms with E-state index >= 15 is 0 Å². The molecule has 0 aliphatic heterocycles. The topological polar surface area (TPSA) is 42.2 Å². The number of hydrogen-bond donors (Lipinski definition) is 0. The van der Waals surface area contributed by atoms with Crippen molar-refractivity contribution in [3.8, 4) is 11.4 Å². The quantitative estimate of drug-likeness (QED) is 0.683. The van der Waals surface area contributed by atoms with Gasteiger partial charge in [0.15, 0.2) is 0 Å². The number of rotatable bonds is 5. The highest BCUT2D eigenvalue weighted by Gasteiger charge is 2.20. The number of benzene rings is 2. The molecule has 0 spiro atoms. The molecule has 1 unspecified atom stereocenters. The predicted molar refractivity (Wildman–Crippen MR) is 90.7 cm³/mol. The van der Waals surface area contributed by atoms with Crippen molar-refractivity contribution >= 4 is 0 Å². The van der Waals surface area contributed by atoms with Crippen LogP contribution in [0.2, 0.25) is 0 Å². The molecule has 0 radical (unpaired) electrons. The summed E-state index contributed by atoms with van der Waals surface area (Å²) in [6.45, 7) is 4.01.